The lowest BCUT2D eigenvalue weighted by Gasteiger charge is -2.03. The van der Waals surface area contributed by atoms with Gasteiger partial charge in [-0.3, -0.25) is 4.79 Å². The van der Waals surface area contributed by atoms with Crippen molar-refractivity contribution in [1.29, 1.82) is 0 Å². The largest absolute Gasteiger partial charge is 0.385 e. The van der Waals surface area contributed by atoms with E-state index in [1.807, 2.05) is 0 Å². The highest BCUT2D eigenvalue weighted by Gasteiger charge is 2.09. The summed E-state index contributed by atoms with van der Waals surface area (Å²) in [6, 6.07) is 0. The van der Waals surface area contributed by atoms with Crippen LogP contribution in [0.4, 0.5) is 0 Å². The van der Waals surface area contributed by atoms with Gasteiger partial charge in [-0.1, -0.05) is 6.08 Å². The zero-order valence-corrected chi connectivity index (χ0v) is 6.72. The molecule has 0 aliphatic rings. The van der Waals surface area contributed by atoms with E-state index in [9.17, 15) is 4.79 Å². The van der Waals surface area contributed by atoms with E-state index in [1.54, 1.807) is 19.9 Å². The van der Waals surface area contributed by atoms with Crippen molar-refractivity contribution in [1.82, 2.24) is 0 Å². The summed E-state index contributed by atoms with van der Waals surface area (Å²) in [5.74, 6) is -0.631. The third kappa shape index (κ3) is 2.33. The minimum Gasteiger partial charge on any atom is -0.385 e. The Hall–Kier alpha value is -1.45. The Morgan fingerprint density at radius 3 is 1.82 bits per heavy atom. The molecule has 0 spiro atoms. The molecule has 1 amide bonds. The predicted octanol–water partition coefficient (Wildman–Crippen LogP) is -0.433. The molecule has 0 atom stereocenters. The van der Waals surface area contributed by atoms with Crippen LogP contribution in [0.3, 0.4) is 0 Å². The van der Waals surface area contributed by atoms with Crippen LogP contribution in [-0.2, 0) is 4.79 Å². The van der Waals surface area contributed by atoms with Gasteiger partial charge in [-0.2, -0.15) is 0 Å². The van der Waals surface area contributed by atoms with Gasteiger partial charge >= 0.3 is 0 Å². The monoisotopic (exact) mass is 155 g/mol. The van der Waals surface area contributed by atoms with Crippen molar-refractivity contribution in [2.45, 2.75) is 13.8 Å². The lowest BCUT2D eigenvalue weighted by molar-refractivity contribution is -0.114. The summed E-state index contributed by atoms with van der Waals surface area (Å²) in [7, 11) is 0. The number of primary amides is 1. The minimum atomic E-state index is -0.597. The van der Waals surface area contributed by atoms with Crippen molar-refractivity contribution in [3.05, 3.63) is 23.0 Å². The molecule has 6 N–H and O–H groups in total. The average molecular weight is 155 g/mol. The summed E-state index contributed by atoms with van der Waals surface area (Å²) >= 11 is 0. The molecule has 0 aliphatic heterocycles. The van der Waals surface area contributed by atoms with E-state index in [4.69, 9.17) is 17.2 Å². The number of hydrogen-bond acceptors (Lipinski definition) is 3. The van der Waals surface area contributed by atoms with Gasteiger partial charge in [0.15, 0.2) is 0 Å². The number of nitrogens with two attached hydrogens (primary N) is 3. The second kappa shape index (κ2) is 3.65. The van der Waals surface area contributed by atoms with Crippen molar-refractivity contribution in [3.63, 3.8) is 0 Å². The molecule has 0 saturated heterocycles. The molecule has 62 valence electrons. The van der Waals surface area contributed by atoms with Gasteiger partial charge in [-0.25, -0.2) is 0 Å². The normalized spacial score (nSPS) is 10.9. The molecule has 4 nitrogen and oxygen atoms in total. The highest BCUT2D eigenvalue weighted by molar-refractivity contribution is 5.96. The van der Waals surface area contributed by atoms with E-state index in [-0.39, 0.29) is 11.4 Å². The molecule has 0 rings (SSSR count). The molecule has 0 unspecified atom stereocenters. The van der Waals surface area contributed by atoms with Crippen molar-refractivity contribution in [3.8, 4) is 0 Å². The molecule has 0 aromatic rings. The average Bonchev–Trinajstić information content (AvgIpc) is 1.85. The van der Waals surface area contributed by atoms with Crippen molar-refractivity contribution in [2.24, 2.45) is 17.2 Å². The van der Waals surface area contributed by atoms with E-state index in [0.29, 0.717) is 5.57 Å². The number of rotatable bonds is 2. The van der Waals surface area contributed by atoms with Crippen molar-refractivity contribution >= 4 is 5.91 Å². The van der Waals surface area contributed by atoms with Crippen molar-refractivity contribution < 1.29 is 4.79 Å². The van der Waals surface area contributed by atoms with Crippen molar-refractivity contribution in [2.75, 3.05) is 0 Å². The van der Waals surface area contributed by atoms with Gasteiger partial charge in [0.1, 0.15) is 5.82 Å². The van der Waals surface area contributed by atoms with Gasteiger partial charge in [-0.15, -0.1) is 0 Å². The quantitative estimate of drug-likeness (QED) is 0.373. The summed E-state index contributed by atoms with van der Waals surface area (Å²) in [6.07, 6.45) is 1.72. The van der Waals surface area contributed by atoms with Gasteiger partial charge in [0.2, 0.25) is 0 Å². The highest BCUT2D eigenvalue weighted by Crippen LogP contribution is 2.07. The minimum absolute atomic E-state index is 0.0342. The van der Waals surface area contributed by atoms with Gasteiger partial charge in [0.25, 0.3) is 5.91 Å². The first kappa shape index (κ1) is 9.55. The Morgan fingerprint density at radius 2 is 1.73 bits per heavy atom. The Bertz CT molecular complexity index is 224. The van der Waals surface area contributed by atoms with Gasteiger partial charge in [0, 0.05) is 0 Å². The maximum Gasteiger partial charge on any atom is 0.252 e. The summed E-state index contributed by atoms with van der Waals surface area (Å²) in [4.78, 5) is 10.7. The maximum atomic E-state index is 10.7. The molecule has 0 aromatic heterocycles. The van der Waals surface area contributed by atoms with Crippen LogP contribution in [0, 0.1) is 0 Å². The van der Waals surface area contributed by atoms with E-state index < -0.39 is 5.91 Å². The van der Waals surface area contributed by atoms with Crippen LogP contribution in [0.15, 0.2) is 23.0 Å². The first-order valence-electron chi connectivity index (χ1n) is 3.19. The Kier molecular flexibility index (Phi) is 3.17. The molecule has 4 heteroatoms. The number of carbonyl (C=O) groups excluding carboxylic acids is 1. The molecular formula is C7H13N3O. The van der Waals surface area contributed by atoms with Crippen LogP contribution in [-0.4, -0.2) is 5.91 Å². The number of hydrogen-bond donors (Lipinski definition) is 3. The van der Waals surface area contributed by atoms with E-state index in [2.05, 4.69) is 0 Å². The van der Waals surface area contributed by atoms with Crippen LogP contribution in [0.25, 0.3) is 0 Å². The Balaban J connectivity index is 4.95. The zero-order valence-electron chi connectivity index (χ0n) is 6.72. The van der Waals surface area contributed by atoms with E-state index in [0.717, 1.165) is 0 Å². The van der Waals surface area contributed by atoms with Crippen LogP contribution in [0.2, 0.25) is 0 Å². The highest BCUT2D eigenvalue weighted by atomic mass is 16.1. The molecule has 0 saturated carbocycles. The molecule has 0 heterocycles. The first-order valence-corrected chi connectivity index (χ1v) is 3.19. The number of allylic oxidation sites excluding steroid dienone is 1. The molecule has 0 radical (unpaired) electrons. The molecule has 0 fully saturated rings. The standard InChI is InChI=1S/C7H13N3O/c1-3-4(2)5(6(8)9)7(10)11/h3H,8-9H2,1-2H3,(H2,10,11)/b4-3-. The number of carbonyl (C=O) groups is 1. The molecule has 0 aromatic carbocycles. The van der Waals surface area contributed by atoms with E-state index in [1.165, 1.54) is 0 Å². The molecule has 11 heavy (non-hydrogen) atoms. The molecule has 0 bridgehead atoms. The summed E-state index contributed by atoms with van der Waals surface area (Å²) in [6.45, 7) is 3.50. The Labute approximate surface area is 65.7 Å². The third-order valence-electron chi connectivity index (χ3n) is 1.36. The fraction of sp³-hybridized carbons (Fsp3) is 0.286. The lowest BCUT2D eigenvalue weighted by atomic mass is 10.1. The molecule has 0 aliphatic carbocycles. The maximum absolute atomic E-state index is 10.7. The van der Waals surface area contributed by atoms with Crippen LogP contribution in [0.5, 0.6) is 0 Å². The summed E-state index contributed by atoms with van der Waals surface area (Å²) < 4.78 is 0. The van der Waals surface area contributed by atoms with E-state index >= 15 is 0 Å². The fourth-order valence-electron chi connectivity index (χ4n) is 0.709. The Morgan fingerprint density at radius 1 is 1.27 bits per heavy atom. The number of amides is 1. The predicted molar refractivity (Wildman–Crippen MR) is 44.0 cm³/mol. The first-order chi connectivity index (χ1) is 5.00. The van der Waals surface area contributed by atoms with Crippen LogP contribution < -0.4 is 17.2 Å². The molecular weight excluding hydrogens is 142 g/mol. The van der Waals surface area contributed by atoms with Gasteiger partial charge in [0.05, 0.1) is 5.57 Å². The second-order valence-corrected chi connectivity index (χ2v) is 2.17. The second-order valence-electron chi connectivity index (χ2n) is 2.17. The third-order valence-corrected chi connectivity index (χ3v) is 1.36. The van der Waals surface area contributed by atoms with Crippen LogP contribution in [0.1, 0.15) is 13.8 Å². The lowest BCUT2D eigenvalue weighted by Crippen LogP contribution is -2.23. The van der Waals surface area contributed by atoms with Crippen LogP contribution >= 0.6 is 0 Å². The SMILES string of the molecule is C/C=C(/C)C(C(N)=O)=C(N)N. The fourth-order valence-corrected chi connectivity index (χ4v) is 0.709. The summed E-state index contributed by atoms with van der Waals surface area (Å²) in [5.41, 5.74) is 16.4. The topological polar surface area (TPSA) is 95.1 Å². The zero-order chi connectivity index (χ0) is 9.02. The summed E-state index contributed by atoms with van der Waals surface area (Å²) in [5, 5.41) is 0. The smallest absolute Gasteiger partial charge is 0.252 e. The van der Waals surface area contributed by atoms with Gasteiger partial charge in [-0.05, 0) is 19.4 Å². The van der Waals surface area contributed by atoms with Gasteiger partial charge < -0.3 is 17.2 Å².